The summed E-state index contributed by atoms with van der Waals surface area (Å²) in [6.07, 6.45) is 2.52. The Kier molecular flexibility index (Phi) is 3.74. The summed E-state index contributed by atoms with van der Waals surface area (Å²) in [4.78, 5) is 13.8. The second-order valence-corrected chi connectivity index (χ2v) is 4.28. The standard InChI is InChI=1S/C12H17NO3/c1-13(7-11-3-2-5-16-11)8-12(14)10-4-6-15-9-10/h2-3,5,10H,4,6-9H2,1H3. The second kappa shape index (κ2) is 5.27. The van der Waals surface area contributed by atoms with Gasteiger partial charge in [-0.3, -0.25) is 9.69 Å². The molecule has 1 aromatic rings. The molecule has 1 unspecified atom stereocenters. The van der Waals surface area contributed by atoms with E-state index >= 15 is 0 Å². The Hall–Kier alpha value is -1.13. The predicted octanol–water partition coefficient (Wildman–Crippen LogP) is 1.32. The molecule has 1 aliphatic rings. The Labute approximate surface area is 95.2 Å². The fourth-order valence-corrected chi connectivity index (χ4v) is 1.91. The molecule has 0 bridgehead atoms. The minimum atomic E-state index is 0.0963. The van der Waals surface area contributed by atoms with Gasteiger partial charge in [-0.15, -0.1) is 0 Å². The monoisotopic (exact) mass is 223 g/mol. The van der Waals surface area contributed by atoms with Gasteiger partial charge in [0.15, 0.2) is 5.78 Å². The second-order valence-electron chi connectivity index (χ2n) is 4.28. The maximum Gasteiger partial charge on any atom is 0.152 e. The van der Waals surface area contributed by atoms with Crippen molar-refractivity contribution in [1.29, 1.82) is 0 Å². The third-order valence-electron chi connectivity index (χ3n) is 2.82. The van der Waals surface area contributed by atoms with Crippen LogP contribution in [0.3, 0.4) is 0 Å². The zero-order valence-corrected chi connectivity index (χ0v) is 9.52. The summed E-state index contributed by atoms with van der Waals surface area (Å²) in [7, 11) is 1.93. The Morgan fingerprint density at radius 2 is 2.50 bits per heavy atom. The van der Waals surface area contributed by atoms with E-state index < -0.39 is 0 Å². The van der Waals surface area contributed by atoms with Crippen LogP contribution in [0, 0.1) is 5.92 Å². The lowest BCUT2D eigenvalue weighted by atomic mass is 10.0. The lowest BCUT2D eigenvalue weighted by molar-refractivity contribution is -0.123. The smallest absolute Gasteiger partial charge is 0.152 e. The third kappa shape index (κ3) is 2.93. The van der Waals surface area contributed by atoms with Crippen LogP contribution in [0.25, 0.3) is 0 Å². The fraction of sp³-hybridized carbons (Fsp3) is 0.583. The molecule has 2 heterocycles. The van der Waals surface area contributed by atoms with Crippen LogP contribution in [-0.2, 0) is 16.1 Å². The minimum Gasteiger partial charge on any atom is -0.468 e. The lowest BCUT2D eigenvalue weighted by Gasteiger charge is -2.16. The molecule has 0 radical (unpaired) electrons. The summed E-state index contributed by atoms with van der Waals surface area (Å²) < 4.78 is 10.4. The van der Waals surface area contributed by atoms with E-state index in [1.807, 2.05) is 24.1 Å². The summed E-state index contributed by atoms with van der Waals surface area (Å²) in [5.41, 5.74) is 0. The molecular formula is C12H17NO3. The molecule has 16 heavy (non-hydrogen) atoms. The van der Waals surface area contributed by atoms with E-state index in [-0.39, 0.29) is 11.7 Å². The lowest BCUT2D eigenvalue weighted by Crippen LogP contribution is -2.30. The third-order valence-corrected chi connectivity index (χ3v) is 2.82. The van der Waals surface area contributed by atoms with E-state index in [0.717, 1.165) is 18.8 Å². The van der Waals surface area contributed by atoms with Crippen molar-refractivity contribution in [2.24, 2.45) is 5.92 Å². The molecule has 1 saturated heterocycles. The van der Waals surface area contributed by atoms with Crippen molar-refractivity contribution in [2.45, 2.75) is 13.0 Å². The van der Waals surface area contributed by atoms with Crippen LogP contribution in [0.15, 0.2) is 22.8 Å². The van der Waals surface area contributed by atoms with E-state index in [4.69, 9.17) is 9.15 Å². The number of carbonyl (C=O) groups is 1. The molecule has 1 aliphatic heterocycles. The highest BCUT2D eigenvalue weighted by molar-refractivity contribution is 5.83. The normalized spacial score (nSPS) is 20.5. The molecule has 0 aromatic carbocycles. The molecule has 4 heteroatoms. The Bertz CT molecular complexity index is 328. The highest BCUT2D eigenvalue weighted by Gasteiger charge is 2.24. The number of rotatable bonds is 5. The molecule has 4 nitrogen and oxygen atoms in total. The zero-order chi connectivity index (χ0) is 11.4. The number of likely N-dealkylation sites (N-methyl/N-ethyl adjacent to an activating group) is 1. The van der Waals surface area contributed by atoms with Crippen molar-refractivity contribution < 1.29 is 13.9 Å². The van der Waals surface area contributed by atoms with E-state index in [0.29, 0.717) is 19.7 Å². The Balaban J connectivity index is 1.78. The van der Waals surface area contributed by atoms with Gasteiger partial charge < -0.3 is 9.15 Å². The van der Waals surface area contributed by atoms with Crippen LogP contribution in [0.4, 0.5) is 0 Å². The van der Waals surface area contributed by atoms with Gasteiger partial charge in [0.1, 0.15) is 5.76 Å². The van der Waals surface area contributed by atoms with Gasteiger partial charge in [-0.05, 0) is 25.6 Å². The summed E-state index contributed by atoms with van der Waals surface area (Å²) in [6, 6.07) is 3.77. The average Bonchev–Trinajstić information content (AvgIpc) is 2.88. The quantitative estimate of drug-likeness (QED) is 0.755. The first-order valence-electron chi connectivity index (χ1n) is 5.57. The van der Waals surface area contributed by atoms with Crippen LogP contribution in [0.5, 0.6) is 0 Å². The largest absolute Gasteiger partial charge is 0.468 e. The zero-order valence-electron chi connectivity index (χ0n) is 9.52. The number of nitrogens with zero attached hydrogens (tertiary/aromatic N) is 1. The number of furan rings is 1. The Morgan fingerprint density at radius 3 is 3.12 bits per heavy atom. The number of carbonyl (C=O) groups excluding carboxylic acids is 1. The van der Waals surface area contributed by atoms with Gasteiger partial charge in [0, 0.05) is 12.5 Å². The van der Waals surface area contributed by atoms with Gasteiger partial charge in [-0.1, -0.05) is 0 Å². The number of Topliss-reactive ketones (excluding diaryl/α,β-unsaturated/α-hetero) is 1. The average molecular weight is 223 g/mol. The van der Waals surface area contributed by atoms with Crippen LogP contribution in [-0.4, -0.2) is 37.5 Å². The van der Waals surface area contributed by atoms with E-state index in [1.54, 1.807) is 6.26 Å². The van der Waals surface area contributed by atoms with Crippen molar-refractivity contribution in [3.63, 3.8) is 0 Å². The molecule has 2 rings (SSSR count). The van der Waals surface area contributed by atoms with Crippen LogP contribution >= 0.6 is 0 Å². The van der Waals surface area contributed by atoms with Crippen molar-refractivity contribution >= 4 is 5.78 Å². The highest BCUT2D eigenvalue weighted by Crippen LogP contribution is 2.14. The van der Waals surface area contributed by atoms with E-state index in [1.165, 1.54) is 0 Å². The number of ether oxygens (including phenoxy) is 1. The summed E-state index contributed by atoms with van der Waals surface area (Å²) in [5, 5.41) is 0. The maximum atomic E-state index is 11.8. The molecule has 1 fully saturated rings. The van der Waals surface area contributed by atoms with Crippen molar-refractivity contribution in [1.82, 2.24) is 4.90 Å². The number of ketones is 1. The molecule has 0 amide bonds. The Morgan fingerprint density at radius 1 is 1.62 bits per heavy atom. The van der Waals surface area contributed by atoms with Crippen molar-refractivity contribution in [2.75, 3.05) is 26.8 Å². The molecule has 0 saturated carbocycles. The first-order chi connectivity index (χ1) is 7.75. The van der Waals surface area contributed by atoms with Gasteiger partial charge in [0.05, 0.1) is 26.0 Å². The predicted molar refractivity (Wildman–Crippen MR) is 59.0 cm³/mol. The van der Waals surface area contributed by atoms with Crippen LogP contribution in [0.2, 0.25) is 0 Å². The summed E-state index contributed by atoms with van der Waals surface area (Å²) in [5.74, 6) is 1.25. The first kappa shape index (κ1) is 11.4. The van der Waals surface area contributed by atoms with Crippen LogP contribution < -0.4 is 0 Å². The van der Waals surface area contributed by atoms with Crippen molar-refractivity contribution in [3.8, 4) is 0 Å². The molecule has 0 spiro atoms. The summed E-state index contributed by atoms with van der Waals surface area (Å²) >= 11 is 0. The molecular weight excluding hydrogens is 206 g/mol. The highest BCUT2D eigenvalue weighted by atomic mass is 16.5. The minimum absolute atomic E-state index is 0.0963. The molecule has 88 valence electrons. The van der Waals surface area contributed by atoms with E-state index in [9.17, 15) is 4.79 Å². The van der Waals surface area contributed by atoms with Crippen molar-refractivity contribution in [3.05, 3.63) is 24.2 Å². The molecule has 1 atom stereocenters. The van der Waals surface area contributed by atoms with Gasteiger partial charge in [-0.25, -0.2) is 0 Å². The number of hydrogen-bond donors (Lipinski definition) is 0. The molecule has 0 aliphatic carbocycles. The van der Waals surface area contributed by atoms with Crippen LogP contribution in [0.1, 0.15) is 12.2 Å². The molecule has 0 N–H and O–H groups in total. The SMILES string of the molecule is CN(CC(=O)C1CCOC1)Cc1ccco1. The topological polar surface area (TPSA) is 42.7 Å². The fourth-order valence-electron chi connectivity index (χ4n) is 1.91. The molecule has 1 aromatic heterocycles. The summed E-state index contributed by atoms with van der Waals surface area (Å²) in [6.45, 7) is 2.45. The number of hydrogen-bond acceptors (Lipinski definition) is 4. The maximum absolute atomic E-state index is 11.8. The van der Waals surface area contributed by atoms with Gasteiger partial charge in [0.25, 0.3) is 0 Å². The van der Waals surface area contributed by atoms with E-state index in [2.05, 4.69) is 0 Å². The van der Waals surface area contributed by atoms with Gasteiger partial charge in [-0.2, -0.15) is 0 Å². The first-order valence-corrected chi connectivity index (χ1v) is 5.57. The van der Waals surface area contributed by atoms with Gasteiger partial charge in [0.2, 0.25) is 0 Å². The van der Waals surface area contributed by atoms with Gasteiger partial charge >= 0.3 is 0 Å².